The third-order valence-electron chi connectivity index (χ3n) is 6.71. The van der Waals surface area contributed by atoms with Crippen molar-refractivity contribution in [3.05, 3.63) is 100 Å². The zero-order valence-corrected chi connectivity index (χ0v) is 20.2. The average Bonchev–Trinajstić information content (AvgIpc) is 3.54. The summed E-state index contributed by atoms with van der Waals surface area (Å²) in [7, 11) is 0. The van der Waals surface area contributed by atoms with E-state index in [0.717, 1.165) is 11.1 Å². The van der Waals surface area contributed by atoms with Crippen LogP contribution in [-0.4, -0.2) is 30.6 Å². The van der Waals surface area contributed by atoms with Gasteiger partial charge in [0, 0.05) is 12.4 Å². The summed E-state index contributed by atoms with van der Waals surface area (Å²) in [6.07, 6.45) is 11.5. The normalized spacial score (nSPS) is 14.9. The number of tetrazole rings is 1. The van der Waals surface area contributed by atoms with Crippen LogP contribution in [-0.2, 0) is 0 Å². The van der Waals surface area contributed by atoms with Gasteiger partial charge in [-0.15, -0.1) is 16.4 Å². The highest BCUT2D eigenvalue weighted by Gasteiger charge is 2.28. The molecule has 0 unspecified atom stereocenters. The Morgan fingerprint density at radius 3 is 2.63 bits per heavy atom. The van der Waals surface area contributed by atoms with Crippen LogP contribution in [0.25, 0.3) is 33.5 Å². The number of allylic oxidation sites excluding steroid dienone is 1. The molecule has 3 aromatic heterocycles. The van der Waals surface area contributed by atoms with E-state index in [2.05, 4.69) is 86.0 Å². The van der Waals surface area contributed by atoms with Crippen LogP contribution in [0.15, 0.2) is 66.4 Å². The number of nitrogens with one attached hydrogen (secondary N) is 1. The molecule has 6 rings (SSSR count). The summed E-state index contributed by atoms with van der Waals surface area (Å²) < 4.78 is 1.21. The molecule has 1 aliphatic rings. The van der Waals surface area contributed by atoms with Crippen LogP contribution in [0, 0.1) is 12.8 Å². The number of thiazole rings is 1. The third-order valence-corrected chi connectivity index (χ3v) is 7.52. The van der Waals surface area contributed by atoms with Gasteiger partial charge in [-0.05, 0) is 99.3 Å². The zero-order chi connectivity index (χ0) is 23.6. The van der Waals surface area contributed by atoms with E-state index in [-0.39, 0.29) is 0 Å². The Bertz CT molecular complexity index is 1530. The van der Waals surface area contributed by atoms with Crippen LogP contribution in [0.4, 0.5) is 0 Å². The lowest BCUT2D eigenvalue weighted by Crippen LogP contribution is -2.16. The Balaban J connectivity index is 1.52. The van der Waals surface area contributed by atoms with Crippen molar-refractivity contribution >= 4 is 44.9 Å². The molecule has 0 atom stereocenters. The standard InChI is InChI=1S/C28H24N6S/c1-18-16-29-14-13-23(18)28(20-3-2-4-20)27(22-10-11-25-24(15-22)30-17-35-25)21-8-5-19(6-9-21)7-12-26-31-33-34-32-26/h5-17,20H,2-4H2,1H3,(H,31,32,33,34)/b12-7+,28-27+. The Kier molecular flexibility index (Phi) is 5.76. The molecule has 35 heavy (non-hydrogen) atoms. The van der Waals surface area contributed by atoms with Gasteiger partial charge < -0.3 is 0 Å². The monoisotopic (exact) mass is 476 g/mol. The second-order valence-corrected chi connectivity index (χ2v) is 9.77. The molecule has 0 amide bonds. The molecule has 1 N–H and O–H groups in total. The molecule has 172 valence electrons. The lowest BCUT2D eigenvalue weighted by Gasteiger charge is -2.32. The largest absolute Gasteiger partial charge is 0.264 e. The first-order valence-corrected chi connectivity index (χ1v) is 12.7. The zero-order valence-electron chi connectivity index (χ0n) is 19.3. The van der Waals surface area contributed by atoms with Gasteiger partial charge in [0.05, 0.1) is 15.7 Å². The molecule has 3 heterocycles. The van der Waals surface area contributed by atoms with Gasteiger partial charge in [-0.2, -0.15) is 0 Å². The average molecular weight is 477 g/mol. The predicted octanol–water partition coefficient (Wildman–Crippen LogP) is 6.44. The molecule has 0 radical (unpaired) electrons. The van der Waals surface area contributed by atoms with Crippen molar-refractivity contribution in [2.45, 2.75) is 26.2 Å². The molecular weight excluding hydrogens is 452 g/mol. The van der Waals surface area contributed by atoms with Gasteiger partial charge in [0.2, 0.25) is 0 Å². The fraction of sp³-hybridized carbons (Fsp3) is 0.179. The maximum absolute atomic E-state index is 4.60. The van der Waals surface area contributed by atoms with Crippen LogP contribution in [0.1, 0.15) is 52.9 Å². The molecule has 1 saturated carbocycles. The van der Waals surface area contributed by atoms with E-state index in [1.165, 1.54) is 57.4 Å². The number of aryl methyl sites for hydroxylation is 1. The van der Waals surface area contributed by atoms with Gasteiger partial charge in [0.1, 0.15) is 0 Å². The maximum Gasteiger partial charge on any atom is 0.172 e. The highest BCUT2D eigenvalue weighted by molar-refractivity contribution is 7.16. The van der Waals surface area contributed by atoms with Crippen molar-refractivity contribution in [2.24, 2.45) is 5.92 Å². The number of pyridine rings is 1. The second kappa shape index (κ2) is 9.35. The number of fused-ring (bicyclic) bond motifs is 1. The van der Waals surface area contributed by atoms with E-state index in [4.69, 9.17) is 0 Å². The summed E-state index contributed by atoms with van der Waals surface area (Å²) in [5.41, 5.74) is 11.7. The molecular formula is C28H24N6S. The number of aromatic amines is 1. The van der Waals surface area contributed by atoms with Crippen LogP contribution in [0.2, 0.25) is 0 Å². The van der Waals surface area contributed by atoms with Crippen LogP contribution < -0.4 is 0 Å². The Hall–Kier alpha value is -3.97. The van der Waals surface area contributed by atoms with Gasteiger partial charge >= 0.3 is 0 Å². The quantitative estimate of drug-likeness (QED) is 0.305. The highest BCUT2D eigenvalue weighted by atomic mass is 32.1. The summed E-state index contributed by atoms with van der Waals surface area (Å²) in [6.45, 7) is 2.16. The summed E-state index contributed by atoms with van der Waals surface area (Å²) in [4.78, 5) is 8.97. The molecule has 0 spiro atoms. The Morgan fingerprint density at radius 2 is 1.89 bits per heavy atom. The first kappa shape index (κ1) is 21.6. The minimum absolute atomic E-state index is 0.538. The van der Waals surface area contributed by atoms with E-state index >= 15 is 0 Å². The smallest absolute Gasteiger partial charge is 0.172 e. The van der Waals surface area contributed by atoms with E-state index in [0.29, 0.717) is 11.7 Å². The van der Waals surface area contributed by atoms with Gasteiger partial charge in [-0.3, -0.25) is 4.98 Å². The third kappa shape index (κ3) is 4.31. The lowest BCUT2D eigenvalue weighted by molar-refractivity contribution is 0.401. The van der Waals surface area contributed by atoms with Crippen molar-refractivity contribution in [1.82, 2.24) is 30.6 Å². The number of hydrogen-bond acceptors (Lipinski definition) is 6. The van der Waals surface area contributed by atoms with Crippen LogP contribution in [0.3, 0.4) is 0 Å². The van der Waals surface area contributed by atoms with Gasteiger partial charge in [-0.25, -0.2) is 10.1 Å². The molecule has 1 fully saturated rings. The topological polar surface area (TPSA) is 80.2 Å². The number of hydrogen-bond donors (Lipinski definition) is 1. The molecule has 0 saturated heterocycles. The Morgan fingerprint density at radius 1 is 1.03 bits per heavy atom. The summed E-state index contributed by atoms with van der Waals surface area (Å²) >= 11 is 1.68. The van der Waals surface area contributed by atoms with Crippen molar-refractivity contribution in [2.75, 3.05) is 0 Å². The Labute approximate surface area is 207 Å². The molecule has 0 aliphatic heterocycles. The molecule has 7 heteroatoms. The minimum Gasteiger partial charge on any atom is -0.264 e. The van der Waals surface area contributed by atoms with E-state index in [1.54, 1.807) is 11.3 Å². The number of benzene rings is 2. The molecule has 1 aliphatic carbocycles. The van der Waals surface area contributed by atoms with E-state index < -0.39 is 0 Å². The highest BCUT2D eigenvalue weighted by Crippen LogP contribution is 2.46. The van der Waals surface area contributed by atoms with E-state index in [1.807, 2.05) is 30.1 Å². The molecule has 0 bridgehead atoms. The van der Waals surface area contributed by atoms with Gasteiger partial charge in [0.25, 0.3) is 0 Å². The molecule has 2 aromatic carbocycles. The predicted molar refractivity (Wildman–Crippen MR) is 141 cm³/mol. The van der Waals surface area contributed by atoms with Crippen molar-refractivity contribution in [3.63, 3.8) is 0 Å². The maximum atomic E-state index is 4.60. The number of rotatable bonds is 6. The first-order chi connectivity index (χ1) is 17.3. The van der Waals surface area contributed by atoms with Crippen molar-refractivity contribution in [1.29, 1.82) is 0 Å². The summed E-state index contributed by atoms with van der Waals surface area (Å²) in [5.74, 6) is 1.17. The summed E-state index contributed by atoms with van der Waals surface area (Å²) in [6, 6.07) is 17.6. The number of nitrogens with zero attached hydrogens (tertiary/aromatic N) is 5. The molecule has 6 nitrogen and oxygen atoms in total. The lowest BCUT2D eigenvalue weighted by atomic mass is 9.72. The molecule has 5 aromatic rings. The van der Waals surface area contributed by atoms with Crippen molar-refractivity contribution < 1.29 is 0 Å². The van der Waals surface area contributed by atoms with Gasteiger partial charge in [0.15, 0.2) is 5.82 Å². The SMILES string of the molecule is Cc1cnccc1/C(=C(\c1ccc(/C=C/c2nnn[nH]2)cc1)c1ccc2scnc2c1)C1CCC1. The fourth-order valence-corrected chi connectivity index (χ4v) is 5.35. The van der Waals surface area contributed by atoms with Crippen molar-refractivity contribution in [3.8, 4) is 0 Å². The van der Waals surface area contributed by atoms with Gasteiger partial charge in [-0.1, -0.05) is 42.8 Å². The first-order valence-electron chi connectivity index (χ1n) is 11.8. The second-order valence-electron chi connectivity index (χ2n) is 8.88. The van der Waals surface area contributed by atoms with Crippen LogP contribution >= 0.6 is 11.3 Å². The number of aromatic nitrogens is 6. The number of H-pyrrole nitrogens is 1. The summed E-state index contributed by atoms with van der Waals surface area (Å²) in [5, 5.41) is 13.9. The minimum atomic E-state index is 0.538. The fourth-order valence-electron chi connectivity index (χ4n) is 4.70. The van der Waals surface area contributed by atoms with E-state index in [9.17, 15) is 0 Å². The van der Waals surface area contributed by atoms with Crippen LogP contribution in [0.5, 0.6) is 0 Å².